The number of carbonyl (C=O) groups is 3. The van der Waals surface area contributed by atoms with Crippen molar-refractivity contribution in [3.8, 4) is 39.1 Å². The first kappa shape index (κ1) is 49.0. The Morgan fingerprint density at radius 3 is 1.26 bits per heavy atom. The van der Waals surface area contributed by atoms with Gasteiger partial charge in [-0.1, -0.05) is 66.2 Å². The Hall–Kier alpha value is -9.01. The van der Waals surface area contributed by atoms with Crippen molar-refractivity contribution in [2.75, 3.05) is 23.1 Å². The molecule has 6 aromatic heterocycles. The number of aromatic nitrogens is 7. The van der Waals surface area contributed by atoms with Crippen molar-refractivity contribution in [2.24, 2.45) is 0 Å². The first-order valence-electron chi connectivity index (χ1n) is 23.6. The molecule has 2 aliphatic carbocycles. The summed E-state index contributed by atoms with van der Waals surface area (Å²) in [6.07, 6.45) is 19.7. The van der Waals surface area contributed by atoms with E-state index in [4.69, 9.17) is 16.3 Å². The molecule has 2 fully saturated rings. The molecule has 15 heteroatoms. The Morgan fingerprint density at radius 1 is 0.466 bits per heavy atom. The standard InChI is InChI=1S/C20H18N4O.C20H17N3O.C18H14ClN3O2/c1-13-21-11-18(12-22-13)20(25)24-19-8-7-17(10-23-19)16-4-2-3-15(9-16)14-5-6-14;24-20(18-5-2-10-21-12-18)23-19-9-8-17(13-22-19)16-4-1-3-15(11-16)14-6-7-14;1-24-16-6-4-12(9-15(16)19)13-5-7-17(21-11-13)22-18(23)14-3-2-8-20-10-14/h2-4,7-12,14H,5-6H2,1H3,(H,23,24,25);1-5,8-14H,6-7H2,(H,22,23,24);2-11H,1H3,(H,21,22,23). The van der Waals surface area contributed by atoms with Crippen LogP contribution < -0.4 is 20.7 Å². The summed E-state index contributed by atoms with van der Waals surface area (Å²) < 4.78 is 5.14. The highest BCUT2D eigenvalue weighted by Crippen LogP contribution is 2.42. The van der Waals surface area contributed by atoms with E-state index in [2.05, 4.69) is 99.4 Å². The fraction of sp³-hybridized carbons (Fsp3) is 0.138. The lowest BCUT2D eigenvalue weighted by molar-refractivity contribution is 0.101. The normalized spacial score (nSPS) is 12.4. The van der Waals surface area contributed by atoms with Gasteiger partial charge in [-0.2, -0.15) is 0 Å². The average Bonchev–Trinajstić information content (AvgIpc) is 4.39. The average molecular weight is 986 g/mol. The van der Waals surface area contributed by atoms with Crippen LogP contribution >= 0.6 is 11.6 Å². The maximum absolute atomic E-state index is 12.2. The van der Waals surface area contributed by atoms with Crippen LogP contribution in [0.4, 0.5) is 17.5 Å². The number of amides is 3. The maximum atomic E-state index is 12.2. The smallest absolute Gasteiger partial charge is 0.259 e. The van der Waals surface area contributed by atoms with Gasteiger partial charge in [-0.3, -0.25) is 24.4 Å². The predicted octanol–water partition coefficient (Wildman–Crippen LogP) is 12.3. The van der Waals surface area contributed by atoms with Crippen LogP contribution in [0.2, 0.25) is 5.02 Å². The van der Waals surface area contributed by atoms with Gasteiger partial charge in [-0.15, -0.1) is 0 Å². The van der Waals surface area contributed by atoms with E-state index in [0.29, 0.717) is 50.7 Å². The van der Waals surface area contributed by atoms with Crippen LogP contribution in [-0.2, 0) is 0 Å². The Bertz CT molecular complexity index is 3320. The third-order valence-electron chi connectivity index (χ3n) is 11.9. The molecule has 0 radical (unpaired) electrons. The molecule has 3 N–H and O–H groups in total. The Kier molecular flexibility index (Phi) is 15.6. The van der Waals surface area contributed by atoms with Gasteiger partial charge < -0.3 is 20.7 Å². The number of benzene rings is 3. The summed E-state index contributed by atoms with van der Waals surface area (Å²) in [5.41, 5.74) is 10.4. The molecule has 9 aromatic rings. The van der Waals surface area contributed by atoms with Crippen molar-refractivity contribution in [3.63, 3.8) is 0 Å². The van der Waals surface area contributed by atoms with E-state index in [9.17, 15) is 14.4 Å². The zero-order valence-corrected chi connectivity index (χ0v) is 40.7. The van der Waals surface area contributed by atoms with Gasteiger partial charge in [0.05, 0.1) is 28.8 Å². The summed E-state index contributed by atoms with van der Waals surface area (Å²) in [5, 5.41) is 8.81. The van der Waals surface area contributed by atoms with Crippen LogP contribution in [0.15, 0.2) is 183 Å². The highest BCUT2D eigenvalue weighted by Gasteiger charge is 2.24. The number of aryl methyl sites for hydroxylation is 1. The van der Waals surface area contributed by atoms with Crippen molar-refractivity contribution in [1.82, 2.24) is 34.9 Å². The molecule has 11 rings (SSSR count). The number of carbonyl (C=O) groups excluding carboxylic acids is 3. The molecule has 0 unspecified atom stereocenters. The second-order valence-electron chi connectivity index (χ2n) is 17.3. The van der Waals surface area contributed by atoms with Crippen LogP contribution in [0.3, 0.4) is 0 Å². The fourth-order valence-corrected chi connectivity index (χ4v) is 7.87. The number of pyridine rings is 5. The summed E-state index contributed by atoms with van der Waals surface area (Å²) in [5.74, 6) is 3.48. The molecule has 73 heavy (non-hydrogen) atoms. The van der Waals surface area contributed by atoms with Gasteiger partial charge in [0.2, 0.25) is 0 Å². The zero-order valence-electron chi connectivity index (χ0n) is 39.9. The van der Waals surface area contributed by atoms with E-state index in [0.717, 1.165) is 45.2 Å². The summed E-state index contributed by atoms with van der Waals surface area (Å²) in [4.78, 5) is 65.3. The Labute approximate surface area is 427 Å². The number of ether oxygens (including phenoxy) is 1. The molecule has 362 valence electrons. The SMILES string of the molecule is COc1ccc(-c2ccc(NC(=O)c3cccnc3)nc2)cc1Cl.Cc1ncc(C(=O)Nc2ccc(-c3cccc(C4CC4)c3)cn2)cn1.O=C(Nc1ccc(-c2cccc(C3CC3)c2)cn1)c1cccnc1. The summed E-state index contributed by atoms with van der Waals surface area (Å²) in [6.45, 7) is 1.78. The van der Waals surface area contributed by atoms with Crippen LogP contribution in [-0.4, -0.2) is 59.7 Å². The number of hydrogen-bond donors (Lipinski definition) is 3. The molecule has 0 atom stereocenters. The molecular formula is C58H49ClN10O4. The highest BCUT2D eigenvalue weighted by molar-refractivity contribution is 6.32. The summed E-state index contributed by atoms with van der Waals surface area (Å²) in [6, 6.07) is 40.8. The lowest BCUT2D eigenvalue weighted by Gasteiger charge is -2.08. The number of halogens is 1. The second kappa shape index (κ2) is 23.3. The topological polar surface area (TPSA) is 187 Å². The monoisotopic (exact) mass is 984 g/mol. The summed E-state index contributed by atoms with van der Waals surface area (Å²) in [7, 11) is 1.57. The van der Waals surface area contributed by atoms with Gasteiger partial charge in [0.1, 0.15) is 29.0 Å². The van der Waals surface area contributed by atoms with Gasteiger partial charge in [0.25, 0.3) is 17.7 Å². The minimum absolute atomic E-state index is 0.209. The van der Waals surface area contributed by atoms with E-state index in [1.54, 1.807) is 81.4 Å². The summed E-state index contributed by atoms with van der Waals surface area (Å²) >= 11 is 6.14. The van der Waals surface area contributed by atoms with Crippen molar-refractivity contribution in [1.29, 1.82) is 0 Å². The number of nitrogens with one attached hydrogen (secondary N) is 3. The number of hydrogen-bond acceptors (Lipinski definition) is 11. The minimum Gasteiger partial charge on any atom is -0.495 e. The first-order valence-corrected chi connectivity index (χ1v) is 24.0. The van der Waals surface area contributed by atoms with Crippen molar-refractivity contribution >= 4 is 46.8 Å². The number of nitrogens with zero attached hydrogens (tertiary/aromatic N) is 7. The van der Waals surface area contributed by atoms with Crippen molar-refractivity contribution < 1.29 is 19.1 Å². The van der Waals surface area contributed by atoms with Gasteiger partial charge in [0.15, 0.2) is 0 Å². The van der Waals surface area contributed by atoms with E-state index < -0.39 is 0 Å². The van der Waals surface area contributed by atoms with E-state index in [1.807, 2.05) is 42.5 Å². The van der Waals surface area contributed by atoms with E-state index in [-0.39, 0.29) is 17.7 Å². The minimum atomic E-state index is -0.268. The number of methoxy groups -OCH3 is 1. The molecule has 3 amide bonds. The Balaban J connectivity index is 0.000000135. The molecule has 3 aromatic carbocycles. The van der Waals surface area contributed by atoms with Crippen LogP contribution in [0, 0.1) is 6.92 Å². The molecule has 0 saturated heterocycles. The highest BCUT2D eigenvalue weighted by atomic mass is 35.5. The number of rotatable bonds is 12. The third-order valence-corrected chi connectivity index (χ3v) is 12.2. The van der Waals surface area contributed by atoms with E-state index >= 15 is 0 Å². The third kappa shape index (κ3) is 13.4. The first-order chi connectivity index (χ1) is 35.6. The van der Waals surface area contributed by atoms with Crippen LogP contribution in [0.25, 0.3) is 33.4 Å². The fourth-order valence-electron chi connectivity index (χ4n) is 7.61. The molecule has 6 heterocycles. The predicted molar refractivity (Wildman–Crippen MR) is 284 cm³/mol. The molecule has 2 aliphatic rings. The molecule has 0 spiro atoms. The van der Waals surface area contributed by atoms with Gasteiger partial charge >= 0.3 is 0 Å². The van der Waals surface area contributed by atoms with Crippen LogP contribution in [0.5, 0.6) is 5.75 Å². The van der Waals surface area contributed by atoms with Gasteiger partial charge in [-0.25, -0.2) is 24.9 Å². The molecule has 2 saturated carbocycles. The Morgan fingerprint density at radius 2 is 0.890 bits per heavy atom. The van der Waals surface area contributed by atoms with Crippen molar-refractivity contribution in [2.45, 2.75) is 44.4 Å². The quantitative estimate of drug-likeness (QED) is 0.106. The lowest BCUT2D eigenvalue weighted by Crippen LogP contribution is -2.13. The molecule has 0 aliphatic heterocycles. The maximum Gasteiger partial charge on any atom is 0.259 e. The van der Waals surface area contributed by atoms with Crippen molar-refractivity contribution in [3.05, 3.63) is 222 Å². The number of anilines is 3. The van der Waals surface area contributed by atoms with E-state index in [1.165, 1.54) is 61.6 Å². The second-order valence-corrected chi connectivity index (χ2v) is 17.7. The zero-order chi connectivity index (χ0) is 50.5. The lowest BCUT2D eigenvalue weighted by atomic mass is 10.0. The molecular weight excluding hydrogens is 936 g/mol. The molecule has 14 nitrogen and oxygen atoms in total. The van der Waals surface area contributed by atoms with Crippen LogP contribution in [0.1, 0.15) is 85.5 Å². The van der Waals surface area contributed by atoms with Gasteiger partial charge in [-0.05, 0) is 145 Å². The van der Waals surface area contributed by atoms with Gasteiger partial charge in [0, 0.05) is 72.5 Å². The molecule has 0 bridgehead atoms. The largest absolute Gasteiger partial charge is 0.495 e.